The van der Waals surface area contributed by atoms with Gasteiger partial charge in [0.15, 0.2) is 12.6 Å². The van der Waals surface area contributed by atoms with Crippen LogP contribution in [0, 0.1) is 0 Å². The highest BCUT2D eigenvalue weighted by Gasteiger charge is 2.12. The van der Waals surface area contributed by atoms with Crippen molar-refractivity contribution in [3.8, 4) is 0 Å². The summed E-state index contributed by atoms with van der Waals surface area (Å²) in [7, 11) is 0. The fraction of sp³-hybridized carbons (Fsp3) is 0.909. The van der Waals surface area contributed by atoms with Gasteiger partial charge in [-0.2, -0.15) is 0 Å². The van der Waals surface area contributed by atoms with Gasteiger partial charge in [0.2, 0.25) is 0 Å². The lowest BCUT2D eigenvalue weighted by molar-refractivity contribution is -0.0845. The van der Waals surface area contributed by atoms with Gasteiger partial charge in [-0.1, -0.05) is 72.6 Å². The van der Waals surface area contributed by atoms with Gasteiger partial charge in [0.25, 0.3) is 0 Å². The molecule has 0 amide bonds. The highest BCUT2D eigenvalue weighted by atomic mass is 16.7. The molecule has 0 bridgehead atoms. The zero-order valence-electron chi connectivity index (χ0n) is 17.9. The van der Waals surface area contributed by atoms with E-state index in [1.807, 2.05) is 0 Å². The fourth-order valence-electron chi connectivity index (χ4n) is 2.51. The molecule has 0 heterocycles. The Morgan fingerprint density at radius 3 is 1.73 bits per heavy atom. The molecule has 0 aliphatic heterocycles. The van der Waals surface area contributed by atoms with Crippen LogP contribution in [0.4, 0.5) is 0 Å². The quantitative estimate of drug-likeness (QED) is 0.132. The smallest absolute Gasteiger partial charge is 0.321 e. The van der Waals surface area contributed by atoms with Gasteiger partial charge in [-0.15, -0.1) is 0 Å². The summed E-state index contributed by atoms with van der Waals surface area (Å²) in [6, 6.07) is 0. The van der Waals surface area contributed by atoms with E-state index in [4.69, 9.17) is 18.9 Å². The molecule has 0 N–H and O–H groups in total. The second-order valence-electron chi connectivity index (χ2n) is 6.80. The van der Waals surface area contributed by atoms with Gasteiger partial charge in [-0.05, 0) is 25.7 Å². The molecular weight excluding hydrogens is 328 g/mol. The average molecular weight is 373 g/mol. The Bertz CT molecular complexity index is 315. The molecule has 0 aromatic heterocycles. The van der Waals surface area contributed by atoms with E-state index in [0.29, 0.717) is 12.6 Å². The molecule has 0 aliphatic rings. The molecule has 0 fully saturated rings. The van der Waals surface area contributed by atoms with E-state index in [-0.39, 0.29) is 6.79 Å². The third-order valence-corrected chi connectivity index (χ3v) is 4.13. The van der Waals surface area contributed by atoms with Crippen molar-refractivity contribution in [3.05, 3.63) is 11.7 Å². The zero-order valence-corrected chi connectivity index (χ0v) is 17.9. The zero-order chi connectivity index (χ0) is 19.3. The van der Waals surface area contributed by atoms with Crippen LogP contribution in [0.3, 0.4) is 0 Å². The van der Waals surface area contributed by atoms with Crippen molar-refractivity contribution >= 4 is 0 Å². The number of unbranched alkanes of at least 4 members (excludes halogenated alkanes) is 7. The normalized spacial score (nSPS) is 12.0. The maximum absolute atomic E-state index is 5.99. The van der Waals surface area contributed by atoms with Crippen LogP contribution in [0.25, 0.3) is 0 Å². The van der Waals surface area contributed by atoms with E-state index >= 15 is 0 Å². The Hall–Kier alpha value is -0.900. The number of ether oxygens (including phenoxy) is 4. The first kappa shape index (κ1) is 25.1. The second-order valence-corrected chi connectivity index (χ2v) is 6.80. The lowest BCUT2D eigenvalue weighted by atomic mass is 10.2. The molecule has 4 nitrogen and oxygen atoms in total. The van der Waals surface area contributed by atoms with Gasteiger partial charge in [0.1, 0.15) is 0 Å². The minimum Gasteiger partial charge on any atom is -0.491 e. The van der Waals surface area contributed by atoms with Gasteiger partial charge < -0.3 is 18.9 Å². The molecule has 0 rings (SSSR count). The largest absolute Gasteiger partial charge is 0.491 e. The van der Waals surface area contributed by atoms with Gasteiger partial charge >= 0.3 is 5.95 Å². The van der Waals surface area contributed by atoms with Crippen LogP contribution < -0.4 is 0 Å². The van der Waals surface area contributed by atoms with Gasteiger partial charge in [0, 0.05) is 6.42 Å². The maximum Gasteiger partial charge on any atom is 0.321 e. The summed E-state index contributed by atoms with van der Waals surface area (Å²) in [5.74, 6) is 1.38. The molecule has 4 heteroatoms. The third kappa shape index (κ3) is 15.4. The molecule has 0 saturated heterocycles. The minimum atomic E-state index is 0.237. The lowest BCUT2D eigenvalue weighted by Gasteiger charge is -2.17. The molecular formula is C22H44O4. The van der Waals surface area contributed by atoms with Crippen molar-refractivity contribution in [1.29, 1.82) is 0 Å². The molecule has 0 aromatic rings. The van der Waals surface area contributed by atoms with E-state index in [1.54, 1.807) is 0 Å². The number of allylic oxidation sites excluding steroid dienone is 1. The highest BCUT2D eigenvalue weighted by Crippen LogP contribution is 2.17. The summed E-state index contributed by atoms with van der Waals surface area (Å²) in [4.78, 5) is 0. The van der Waals surface area contributed by atoms with Crippen LogP contribution in [0.2, 0.25) is 0 Å². The summed E-state index contributed by atoms with van der Waals surface area (Å²) >= 11 is 0. The van der Waals surface area contributed by atoms with Crippen LogP contribution >= 0.6 is 0 Å². The van der Waals surface area contributed by atoms with E-state index in [9.17, 15) is 0 Å². The molecule has 0 radical (unpaired) electrons. The van der Waals surface area contributed by atoms with E-state index in [2.05, 4.69) is 27.7 Å². The number of hydrogen-bond acceptors (Lipinski definition) is 4. The number of hydrogen-bond donors (Lipinski definition) is 0. The Morgan fingerprint density at radius 1 is 0.538 bits per heavy atom. The van der Waals surface area contributed by atoms with Crippen molar-refractivity contribution in [2.24, 2.45) is 0 Å². The molecule has 0 spiro atoms. The average Bonchev–Trinajstić information content (AvgIpc) is 2.65. The topological polar surface area (TPSA) is 36.9 Å². The number of rotatable bonds is 20. The van der Waals surface area contributed by atoms with E-state index < -0.39 is 0 Å². The van der Waals surface area contributed by atoms with Gasteiger partial charge in [0.05, 0.1) is 19.8 Å². The molecule has 26 heavy (non-hydrogen) atoms. The molecule has 156 valence electrons. The molecule has 0 aliphatic carbocycles. The van der Waals surface area contributed by atoms with Gasteiger partial charge in [-0.3, -0.25) is 0 Å². The highest BCUT2D eigenvalue weighted by molar-refractivity contribution is 4.95. The van der Waals surface area contributed by atoms with Crippen molar-refractivity contribution < 1.29 is 18.9 Å². The van der Waals surface area contributed by atoms with E-state index in [0.717, 1.165) is 51.1 Å². The predicted molar refractivity (Wildman–Crippen MR) is 109 cm³/mol. The molecule has 0 atom stereocenters. The monoisotopic (exact) mass is 372 g/mol. The summed E-state index contributed by atoms with van der Waals surface area (Å²) < 4.78 is 23.3. The summed E-state index contributed by atoms with van der Waals surface area (Å²) in [6.45, 7) is 11.1. The standard InChI is InChI=1S/C22H44O4/c1-5-9-12-15-17-23-20-26-22(25-19-14-11-7-3)21(16-8-4)24-18-13-10-6-2/h5-20H2,1-4H3. The van der Waals surface area contributed by atoms with Crippen LogP contribution in [0.1, 0.15) is 105 Å². The second kappa shape index (κ2) is 20.4. The van der Waals surface area contributed by atoms with Gasteiger partial charge in [-0.25, -0.2) is 0 Å². The maximum atomic E-state index is 5.99. The van der Waals surface area contributed by atoms with Crippen LogP contribution in [-0.4, -0.2) is 26.6 Å². The third-order valence-electron chi connectivity index (χ3n) is 4.13. The first-order valence-corrected chi connectivity index (χ1v) is 11.0. The first-order chi connectivity index (χ1) is 12.8. The van der Waals surface area contributed by atoms with Crippen molar-refractivity contribution in [2.45, 2.75) is 105 Å². The predicted octanol–water partition coefficient (Wildman–Crippen LogP) is 6.94. The SMILES string of the molecule is CCCCCCOCOC(OCCCCC)=C(CCC)OCCCCC. The molecule has 0 saturated carbocycles. The van der Waals surface area contributed by atoms with E-state index in [1.165, 1.54) is 44.9 Å². The Balaban J connectivity index is 4.46. The summed E-state index contributed by atoms with van der Waals surface area (Å²) in [5, 5.41) is 0. The first-order valence-electron chi connectivity index (χ1n) is 11.0. The Labute approximate surface area is 162 Å². The Morgan fingerprint density at radius 2 is 1.12 bits per heavy atom. The summed E-state index contributed by atoms with van der Waals surface area (Å²) in [5.41, 5.74) is 0. The van der Waals surface area contributed by atoms with Crippen molar-refractivity contribution in [3.63, 3.8) is 0 Å². The Kier molecular flexibility index (Phi) is 19.7. The molecule has 0 aromatic carbocycles. The fourth-order valence-corrected chi connectivity index (χ4v) is 2.51. The summed E-state index contributed by atoms with van der Waals surface area (Å²) in [6.07, 6.45) is 13.5. The molecule has 0 unspecified atom stereocenters. The minimum absolute atomic E-state index is 0.237. The van der Waals surface area contributed by atoms with Crippen LogP contribution in [0.15, 0.2) is 11.7 Å². The van der Waals surface area contributed by atoms with Crippen molar-refractivity contribution in [2.75, 3.05) is 26.6 Å². The lowest BCUT2D eigenvalue weighted by Crippen LogP contribution is -2.10. The van der Waals surface area contributed by atoms with Crippen LogP contribution in [-0.2, 0) is 18.9 Å². The van der Waals surface area contributed by atoms with Crippen LogP contribution in [0.5, 0.6) is 0 Å². The van der Waals surface area contributed by atoms with Crippen molar-refractivity contribution in [1.82, 2.24) is 0 Å².